The molecule has 8 heteroatoms. The smallest absolute Gasteiger partial charge is 0.303 e. The molecule has 37 heavy (non-hydrogen) atoms. The van der Waals surface area contributed by atoms with Gasteiger partial charge in [-0.3, -0.25) is 9.59 Å². The molecule has 196 valence electrons. The number of carboxylic acid groups (broad SMARTS) is 1. The Morgan fingerprint density at radius 1 is 1.19 bits per heavy atom. The number of aliphatic carboxylic acids is 1. The number of benzene rings is 1. The van der Waals surface area contributed by atoms with Crippen molar-refractivity contribution < 1.29 is 23.5 Å². The summed E-state index contributed by atoms with van der Waals surface area (Å²) in [5.74, 6) is -2.04. The lowest BCUT2D eigenvalue weighted by molar-refractivity contribution is -0.137. The largest absolute Gasteiger partial charge is 0.481 e. The number of aromatic nitrogens is 2. The Labute approximate surface area is 216 Å². The average molecular weight is 510 g/mol. The van der Waals surface area contributed by atoms with Crippen molar-refractivity contribution in [3.8, 4) is 0 Å². The number of allylic oxidation sites excluding steroid dienone is 5. The molecule has 0 aliphatic carbocycles. The molecule has 2 heterocycles. The number of likely N-dealkylation sites (tertiary alicyclic amines) is 1. The molecule has 1 saturated heterocycles. The molecular formula is C29H33F2N3O3. The highest BCUT2D eigenvalue weighted by molar-refractivity contribution is 5.97. The van der Waals surface area contributed by atoms with Gasteiger partial charge in [0.05, 0.1) is 22.4 Å². The van der Waals surface area contributed by atoms with Crippen LogP contribution in [-0.2, 0) is 11.2 Å². The van der Waals surface area contributed by atoms with E-state index < -0.39 is 18.5 Å². The van der Waals surface area contributed by atoms with Crippen LogP contribution in [0.2, 0.25) is 0 Å². The van der Waals surface area contributed by atoms with E-state index in [0.29, 0.717) is 60.9 Å². The average Bonchev–Trinajstić information content (AvgIpc) is 2.85. The standard InChI is InChI=1S/C29H33F2N3O3/c1-4-9-20(14-23(31)16-30)22-17-34(18-22)29(37)21-12-13-24-26(15-21)32-25(10-7-8-11-27(35)36)28(33-24)19(5-2)6-3/h5-6,9,12-15,19,22H,2-4,7-8,10-11,16-18H2,1H3,(H,35,36)/b20-9+,23-14+. The van der Waals surface area contributed by atoms with Crippen molar-refractivity contribution in [3.05, 3.63) is 84.0 Å². The van der Waals surface area contributed by atoms with Crippen molar-refractivity contribution in [2.24, 2.45) is 5.92 Å². The van der Waals surface area contributed by atoms with Gasteiger partial charge in [-0.25, -0.2) is 18.7 Å². The van der Waals surface area contributed by atoms with Gasteiger partial charge in [0.1, 0.15) is 12.5 Å². The lowest BCUT2D eigenvalue weighted by Gasteiger charge is -2.40. The van der Waals surface area contributed by atoms with Gasteiger partial charge in [0.2, 0.25) is 0 Å². The van der Waals surface area contributed by atoms with Gasteiger partial charge in [-0.1, -0.05) is 25.2 Å². The fourth-order valence-electron chi connectivity index (χ4n) is 4.41. The normalized spacial score (nSPS) is 14.6. The molecule has 0 saturated carbocycles. The third kappa shape index (κ3) is 6.96. The fourth-order valence-corrected chi connectivity index (χ4v) is 4.41. The fraction of sp³-hybridized carbons (Fsp3) is 0.379. The van der Waals surface area contributed by atoms with E-state index in [2.05, 4.69) is 13.2 Å². The van der Waals surface area contributed by atoms with Gasteiger partial charge in [-0.2, -0.15) is 0 Å². The first-order valence-electron chi connectivity index (χ1n) is 12.5. The van der Waals surface area contributed by atoms with Gasteiger partial charge in [0.15, 0.2) is 0 Å². The Kier molecular flexibility index (Phi) is 9.83. The second-order valence-corrected chi connectivity index (χ2v) is 9.10. The van der Waals surface area contributed by atoms with Crippen LogP contribution in [0.4, 0.5) is 8.78 Å². The SMILES string of the molecule is C=CC(C=C)c1nc2ccc(C(=O)N3CC(C(=C/CC)/C=C(/F)CF)C3)cc2nc1CCCCC(=O)O. The van der Waals surface area contributed by atoms with Gasteiger partial charge < -0.3 is 10.0 Å². The molecule has 6 nitrogen and oxygen atoms in total. The second-order valence-electron chi connectivity index (χ2n) is 9.10. The van der Waals surface area contributed by atoms with E-state index in [1.54, 1.807) is 35.3 Å². The number of carboxylic acids is 1. The number of carbonyl (C=O) groups is 2. The number of aryl methyl sites for hydroxylation is 1. The first-order valence-corrected chi connectivity index (χ1v) is 12.5. The lowest BCUT2D eigenvalue weighted by Crippen LogP contribution is -2.50. The molecule has 1 aliphatic rings. The number of fused-ring (bicyclic) bond motifs is 1. The predicted molar refractivity (Wildman–Crippen MR) is 141 cm³/mol. The Bertz CT molecular complexity index is 1220. The van der Waals surface area contributed by atoms with Crippen LogP contribution < -0.4 is 0 Å². The molecule has 0 spiro atoms. The van der Waals surface area contributed by atoms with E-state index in [1.807, 2.05) is 13.0 Å². The van der Waals surface area contributed by atoms with Crippen LogP contribution >= 0.6 is 0 Å². The summed E-state index contributed by atoms with van der Waals surface area (Å²) < 4.78 is 26.1. The maximum atomic E-state index is 13.5. The lowest BCUT2D eigenvalue weighted by atomic mass is 9.89. The molecule has 0 unspecified atom stereocenters. The Balaban J connectivity index is 1.81. The number of carbonyl (C=O) groups excluding carboxylic acids is 1. The van der Waals surface area contributed by atoms with Crippen molar-refractivity contribution in [2.45, 2.75) is 44.9 Å². The topological polar surface area (TPSA) is 83.4 Å². The Morgan fingerprint density at radius 3 is 2.54 bits per heavy atom. The number of hydrogen-bond acceptors (Lipinski definition) is 4. The molecule has 0 bridgehead atoms. The number of hydrogen-bond donors (Lipinski definition) is 1. The van der Waals surface area contributed by atoms with Crippen molar-refractivity contribution in [3.63, 3.8) is 0 Å². The van der Waals surface area contributed by atoms with Crippen LogP contribution in [0.15, 0.2) is 67.1 Å². The molecule has 0 radical (unpaired) electrons. The Hall–Kier alpha value is -3.68. The van der Waals surface area contributed by atoms with Crippen LogP contribution in [-0.4, -0.2) is 51.6 Å². The van der Waals surface area contributed by atoms with Crippen LogP contribution in [0.3, 0.4) is 0 Å². The van der Waals surface area contributed by atoms with Gasteiger partial charge in [0, 0.05) is 36.9 Å². The van der Waals surface area contributed by atoms with E-state index in [0.717, 1.165) is 11.4 Å². The first kappa shape index (κ1) is 27.9. The molecule has 1 aromatic carbocycles. The highest BCUT2D eigenvalue weighted by Crippen LogP contribution is 2.29. The molecule has 3 rings (SSSR count). The van der Waals surface area contributed by atoms with Crippen LogP contribution in [0.1, 0.15) is 60.3 Å². The molecule has 1 aliphatic heterocycles. The van der Waals surface area contributed by atoms with Crippen molar-refractivity contribution in [1.29, 1.82) is 0 Å². The number of unbranched alkanes of at least 4 members (excludes halogenated alkanes) is 1. The van der Waals surface area contributed by atoms with Gasteiger partial charge >= 0.3 is 5.97 Å². The molecule has 1 aromatic heterocycles. The van der Waals surface area contributed by atoms with Gasteiger partial charge in [-0.05, 0) is 55.5 Å². The highest BCUT2D eigenvalue weighted by Gasteiger charge is 2.33. The van der Waals surface area contributed by atoms with Crippen LogP contribution in [0, 0.1) is 5.92 Å². The van der Waals surface area contributed by atoms with E-state index in [-0.39, 0.29) is 24.2 Å². The third-order valence-electron chi connectivity index (χ3n) is 6.42. The summed E-state index contributed by atoms with van der Waals surface area (Å²) in [4.78, 5) is 35.2. The number of amides is 1. The quantitative estimate of drug-likeness (QED) is 0.200. The molecule has 1 N–H and O–H groups in total. The molecule has 1 amide bonds. The Morgan fingerprint density at radius 2 is 1.92 bits per heavy atom. The van der Waals surface area contributed by atoms with E-state index in [1.165, 1.54) is 6.08 Å². The first-order chi connectivity index (χ1) is 17.8. The maximum absolute atomic E-state index is 13.5. The highest BCUT2D eigenvalue weighted by atomic mass is 19.2. The van der Waals surface area contributed by atoms with Crippen molar-refractivity contribution in [1.82, 2.24) is 14.9 Å². The zero-order valence-electron chi connectivity index (χ0n) is 21.1. The molecule has 0 atom stereocenters. The van der Waals surface area contributed by atoms with Crippen molar-refractivity contribution >= 4 is 22.9 Å². The minimum atomic E-state index is -1.14. The number of rotatable bonds is 13. The minimum Gasteiger partial charge on any atom is -0.481 e. The summed E-state index contributed by atoms with van der Waals surface area (Å²) in [7, 11) is 0. The van der Waals surface area contributed by atoms with E-state index in [9.17, 15) is 18.4 Å². The summed E-state index contributed by atoms with van der Waals surface area (Å²) in [6, 6.07) is 5.19. The monoisotopic (exact) mass is 509 g/mol. The van der Waals surface area contributed by atoms with Gasteiger partial charge in [0.25, 0.3) is 5.91 Å². The second kappa shape index (κ2) is 13.0. The van der Waals surface area contributed by atoms with Crippen molar-refractivity contribution in [2.75, 3.05) is 19.8 Å². The number of nitrogens with zero attached hydrogens (tertiary/aromatic N) is 3. The summed E-state index contributed by atoms with van der Waals surface area (Å²) in [5.41, 5.74) is 3.85. The summed E-state index contributed by atoms with van der Waals surface area (Å²) >= 11 is 0. The van der Waals surface area contributed by atoms with Crippen LogP contribution in [0.5, 0.6) is 0 Å². The third-order valence-corrected chi connectivity index (χ3v) is 6.42. The number of alkyl halides is 1. The summed E-state index contributed by atoms with van der Waals surface area (Å²) in [5, 5.41) is 8.92. The van der Waals surface area contributed by atoms with E-state index >= 15 is 0 Å². The minimum absolute atomic E-state index is 0.0313. The van der Waals surface area contributed by atoms with E-state index in [4.69, 9.17) is 15.1 Å². The van der Waals surface area contributed by atoms with Crippen LogP contribution in [0.25, 0.3) is 11.0 Å². The zero-order chi connectivity index (χ0) is 26.9. The zero-order valence-corrected chi connectivity index (χ0v) is 21.1. The predicted octanol–water partition coefficient (Wildman–Crippen LogP) is 6.11. The summed E-state index contributed by atoms with van der Waals surface area (Å²) in [6.45, 7) is 9.36. The summed E-state index contributed by atoms with van der Waals surface area (Å²) in [6.07, 6.45) is 9.05. The maximum Gasteiger partial charge on any atom is 0.303 e. The number of halogens is 2. The molecule has 1 fully saturated rings. The van der Waals surface area contributed by atoms with Gasteiger partial charge in [-0.15, -0.1) is 13.2 Å². The molecular weight excluding hydrogens is 476 g/mol. The molecule has 2 aromatic rings.